The lowest BCUT2D eigenvalue weighted by Gasteiger charge is -2.37. The predicted molar refractivity (Wildman–Crippen MR) is 127 cm³/mol. The third-order valence-corrected chi connectivity index (χ3v) is 7.04. The van der Waals surface area contributed by atoms with E-state index in [4.69, 9.17) is 9.47 Å². The molecule has 32 heavy (non-hydrogen) atoms. The van der Waals surface area contributed by atoms with Crippen molar-refractivity contribution in [3.8, 4) is 5.75 Å². The van der Waals surface area contributed by atoms with Crippen LogP contribution in [0.4, 0.5) is 0 Å². The van der Waals surface area contributed by atoms with Gasteiger partial charge in [-0.1, -0.05) is 54.6 Å². The number of rotatable bonds is 6. The number of ether oxygens (including phenoxy) is 2. The minimum Gasteiger partial charge on any atom is -0.490 e. The Morgan fingerprint density at radius 1 is 0.938 bits per heavy atom. The standard InChI is InChI=1S/C28H31NO3/c1-31-28(30)24-18-29(19-24)17-20-10-15-26-23(16-20)8-5-9-27(26)32-25-13-11-22(12-14-25)21-6-3-2-4-7-21/h2-10,15-16,22,24-25H,11-14,17-19H2,1H3/t22-,25-. The zero-order chi connectivity index (χ0) is 21.9. The molecule has 3 aromatic carbocycles. The zero-order valence-electron chi connectivity index (χ0n) is 18.7. The number of benzene rings is 3. The highest BCUT2D eigenvalue weighted by Crippen LogP contribution is 2.36. The van der Waals surface area contributed by atoms with Gasteiger partial charge in [-0.3, -0.25) is 9.69 Å². The maximum atomic E-state index is 11.6. The number of methoxy groups -OCH3 is 1. The van der Waals surface area contributed by atoms with Crippen molar-refractivity contribution in [1.29, 1.82) is 0 Å². The van der Waals surface area contributed by atoms with Crippen molar-refractivity contribution < 1.29 is 14.3 Å². The molecule has 0 spiro atoms. The first-order valence-electron chi connectivity index (χ1n) is 11.7. The summed E-state index contributed by atoms with van der Waals surface area (Å²) in [5.41, 5.74) is 2.73. The molecule has 0 aromatic heterocycles. The van der Waals surface area contributed by atoms with Gasteiger partial charge >= 0.3 is 5.97 Å². The molecule has 0 unspecified atom stereocenters. The average Bonchev–Trinajstić information content (AvgIpc) is 2.82. The summed E-state index contributed by atoms with van der Waals surface area (Å²) in [6.45, 7) is 2.41. The Balaban J connectivity index is 1.20. The van der Waals surface area contributed by atoms with E-state index in [1.54, 1.807) is 0 Å². The fraction of sp³-hybridized carbons (Fsp3) is 0.393. The Morgan fingerprint density at radius 3 is 2.47 bits per heavy atom. The van der Waals surface area contributed by atoms with Crippen LogP contribution >= 0.6 is 0 Å². The minimum atomic E-state index is -0.0978. The number of nitrogens with zero attached hydrogens (tertiary/aromatic N) is 1. The second-order valence-electron chi connectivity index (χ2n) is 9.23. The number of carbonyl (C=O) groups excluding carboxylic acids is 1. The van der Waals surface area contributed by atoms with E-state index in [2.05, 4.69) is 71.6 Å². The van der Waals surface area contributed by atoms with Crippen LogP contribution in [0, 0.1) is 5.92 Å². The molecular formula is C28H31NO3. The lowest BCUT2D eigenvalue weighted by Crippen LogP contribution is -2.49. The van der Waals surface area contributed by atoms with Gasteiger partial charge < -0.3 is 9.47 Å². The van der Waals surface area contributed by atoms with Crippen molar-refractivity contribution in [1.82, 2.24) is 4.90 Å². The molecule has 5 rings (SSSR count). The molecule has 1 aliphatic heterocycles. The van der Waals surface area contributed by atoms with Crippen LogP contribution in [0.25, 0.3) is 10.8 Å². The van der Waals surface area contributed by atoms with E-state index in [-0.39, 0.29) is 18.0 Å². The summed E-state index contributed by atoms with van der Waals surface area (Å²) in [4.78, 5) is 13.9. The van der Waals surface area contributed by atoms with Gasteiger partial charge in [0.2, 0.25) is 0 Å². The third kappa shape index (κ3) is 4.51. The predicted octanol–water partition coefficient (Wildman–Crippen LogP) is 5.55. The van der Waals surface area contributed by atoms with Crippen LogP contribution in [-0.4, -0.2) is 37.2 Å². The van der Waals surface area contributed by atoms with Crippen LogP contribution < -0.4 is 4.74 Å². The van der Waals surface area contributed by atoms with Crippen LogP contribution in [0.15, 0.2) is 66.7 Å². The van der Waals surface area contributed by atoms with Crippen molar-refractivity contribution in [3.63, 3.8) is 0 Å². The molecule has 4 heteroatoms. The van der Waals surface area contributed by atoms with E-state index >= 15 is 0 Å². The molecule has 2 fully saturated rings. The first-order chi connectivity index (χ1) is 15.7. The smallest absolute Gasteiger partial charge is 0.311 e. The Bertz CT molecular complexity index is 1070. The quantitative estimate of drug-likeness (QED) is 0.482. The van der Waals surface area contributed by atoms with Gasteiger partial charge in [0.05, 0.1) is 19.1 Å². The lowest BCUT2D eigenvalue weighted by atomic mass is 9.83. The molecule has 3 aromatic rings. The van der Waals surface area contributed by atoms with Gasteiger partial charge in [-0.25, -0.2) is 0 Å². The van der Waals surface area contributed by atoms with Gasteiger partial charge in [0.25, 0.3) is 0 Å². The maximum absolute atomic E-state index is 11.6. The van der Waals surface area contributed by atoms with Gasteiger partial charge in [-0.15, -0.1) is 0 Å². The van der Waals surface area contributed by atoms with Crippen LogP contribution in [0.3, 0.4) is 0 Å². The van der Waals surface area contributed by atoms with Crippen molar-refractivity contribution in [3.05, 3.63) is 77.9 Å². The normalized spacial score (nSPS) is 21.8. The summed E-state index contributed by atoms with van der Waals surface area (Å²) in [6.07, 6.45) is 4.86. The van der Waals surface area contributed by atoms with E-state index in [0.29, 0.717) is 5.92 Å². The van der Waals surface area contributed by atoms with Gasteiger partial charge in [0, 0.05) is 25.0 Å². The first-order valence-corrected chi connectivity index (χ1v) is 11.7. The summed E-state index contributed by atoms with van der Waals surface area (Å²) >= 11 is 0. The lowest BCUT2D eigenvalue weighted by molar-refractivity contribution is -0.151. The summed E-state index contributed by atoms with van der Waals surface area (Å²) in [5, 5.41) is 2.39. The molecule has 2 aliphatic rings. The van der Waals surface area contributed by atoms with Gasteiger partial charge in [0.1, 0.15) is 5.75 Å². The molecule has 0 radical (unpaired) electrons. The Morgan fingerprint density at radius 2 is 1.72 bits per heavy atom. The van der Waals surface area contributed by atoms with E-state index < -0.39 is 0 Å². The highest BCUT2D eigenvalue weighted by Gasteiger charge is 2.33. The second-order valence-corrected chi connectivity index (χ2v) is 9.23. The fourth-order valence-electron chi connectivity index (χ4n) is 5.20. The number of hydrogen-bond donors (Lipinski definition) is 0. The molecule has 0 atom stereocenters. The molecule has 4 nitrogen and oxygen atoms in total. The van der Waals surface area contributed by atoms with Gasteiger partial charge in [-0.2, -0.15) is 0 Å². The van der Waals surface area contributed by atoms with Crippen LogP contribution in [0.1, 0.15) is 42.7 Å². The Hall–Kier alpha value is -2.85. The topological polar surface area (TPSA) is 38.8 Å². The van der Waals surface area contributed by atoms with Crippen LogP contribution in [-0.2, 0) is 16.1 Å². The molecule has 1 heterocycles. The number of carbonyl (C=O) groups is 1. The van der Waals surface area contributed by atoms with E-state index in [1.807, 2.05) is 0 Å². The van der Waals surface area contributed by atoms with Crippen molar-refractivity contribution in [2.45, 2.75) is 44.2 Å². The monoisotopic (exact) mass is 429 g/mol. The highest BCUT2D eigenvalue weighted by atomic mass is 16.5. The first kappa shape index (κ1) is 21.0. The SMILES string of the molecule is COC(=O)C1CN(Cc2ccc3c(O[C@H]4CC[C@H](c5ccccc5)CC4)cccc3c2)C1. The molecule has 1 saturated carbocycles. The van der Waals surface area contributed by atoms with Crippen LogP contribution in [0.5, 0.6) is 5.75 Å². The molecule has 0 N–H and O–H groups in total. The second kappa shape index (κ2) is 9.33. The third-order valence-electron chi connectivity index (χ3n) is 7.04. The van der Waals surface area contributed by atoms with Gasteiger partial charge in [-0.05, 0) is 60.2 Å². The van der Waals surface area contributed by atoms with E-state index in [1.165, 1.54) is 41.9 Å². The van der Waals surface area contributed by atoms with Crippen molar-refractivity contribution in [2.75, 3.05) is 20.2 Å². The number of likely N-dealkylation sites (tertiary alicyclic amines) is 1. The minimum absolute atomic E-state index is 0.0254. The van der Waals surface area contributed by atoms with E-state index in [9.17, 15) is 4.79 Å². The molecule has 1 aliphatic carbocycles. The zero-order valence-corrected chi connectivity index (χ0v) is 18.7. The number of fused-ring (bicyclic) bond motifs is 1. The summed E-state index contributed by atoms with van der Waals surface area (Å²) in [6, 6.07) is 23.9. The van der Waals surface area contributed by atoms with Crippen molar-refractivity contribution >= 4 is 16.7 Å². The summed E-state index contributed by atoms with van der Waals surface area (Å²) in [7, 11) is 1.46. The van der Waals surface area contributed by atoms with Gasteiger partial charge in [0.15, 0.2) is 0 Å². The largest absolute Gasteiger partial charge is 0.490 e. The highest BCUT2D eigenvalue weighted by molar-refractivity contribution is 5.88. The molecule has 0 amide bonds. The summed E-state index contributed by atoms with van der Waals surface area (Å²) in [5.74, 6) is 1.58. The molecule has 0 bridgehead atoms. The average molecular weight is 430 g/mol. The molecular weight excluding hydrogens is 398 g/mol. The Kier molecular flexibility index (Phi) is 6.13. The summed E-state index contributed by atoms with van der Waals surface area (Å²) < 4.78 is 11.3. The number of hydrogen-bond acceptors (Lipinski definition) is 4. The maximum Gasteiger partial charge on any atom is 0.311 e. The van der Waals surface area contributed by atoms with E-state index in [0.717, 1.165) is 38.2 Å². The van der Waals surface area contributed by atoms with Crippen LogP contribution in [0.2, 0.25) is 0 Å². The fourth-order valence-corrected chi connectivity index (χ4v) is 5.20. The Labute approximate surface area is 190 Å². The molecule has 1 saturated heterocycles. The number of esters is 1. The van der Waals surface area contributed by atoms with Crippen molar-refractivity contribution in [2.24, 2.45) is 5.92 Å². The molecule has 166 valence electrons.